The van der Waals surface area contributed by atoms with Crippen LogP contribution in [0.3, 0.4) is 0 Å². The van der Waals surface area contributed by atoms with Gasteiger partial charge in [-0.15, -0.1) is 11.3 Å². The largest absolute Gasteiger partial charge is 0.340 e. The van der Waals surface area contributed by atoms with Crippen molar-refractivity contribution in [3.8, 4) is 0 Å². The number of rotatable bonds is 4. The molecule has 0 spiro atoms. The number of hydrogen-bond acceptors (Lipinski definition) is 4. The lowest BCUT2D eigenvalue weighted by molar-refractivity contribution is -0.155. The van der Waals surface area contributed by atoms with Gasteiger partial charge >= 0.3 is 0 Å². The molecule has 5 nitrogen and oxygen atoms in total. The number of aryl methyl sites for hydroxylation is 2. The van der Waals surface area contributed by atoms with Gasteiger partial charge in [0.2, 0.25) is 11.8 Å². The first kappa shape index (κ1) is 15.9. The molecule has 1 atom stereocenters. The van der Waals surface area contributed by atoms with Crippen LogP contribution in [0.1, 0.15) is 49.2 Å². The number of piperazine rings is 1. The van der Waals surface area contributed by atoms with E-state index in [4.69, 9.17) is 0 Å². The van der Waals surface area contributed by atoms with Gasteiger partial charge in [0.25, 0.3) is 0 Å². The molecule has 1 aliphatic rings. The molecule has 0 bridgehead atoms. The van der Waals surface area contributed by atoms with Gasteiger partial charge in [-0.3, -0.25) is 9.59 Å². The maximum atomic E-state index is 12.8. The lowest BCUT2D eigenvalue weighted by Crippen LogP contribution is -2.69. The molecular weight excluding hydrogens is 286 g/mol. The minimum Gasteiger partial charge on any atom is -0.340 e. The fourth-order valence-corrected chi connectivity index (χ4v) is 3.61. The highest BCUT2D eigenvalue weighted by molar-refractivity contribution is 7.11. The fraction of sp³-hybridized carbons (Fsp3) is 0.667. The van der Waals surface area contributed by atoms with Gasteiger partial charge in [-0.05, 0) is 33.6 Å². The Morgan fingerprint density at radius 2 is 1.90 bits per heavy atom. The zero-order valence-electron chi connectivity index (χ0n) is 13.3. The summed E-state index contributed by atoms with van der Waals surface area (Å²) in [6.45, 7) is 10.0. The predicted octanol–water partition coefficient (Wildman–Crippen LogP) is 2.17. The Morgan fingerprint density at radius 3 is 2.38 bits per heavy atom. The zero-order valence-corrected chi connectivity index (χ0v) is 14.1. The third-order valence-electron chi connectivity index (χ3n) is 4.47. The van der Waals surface area contributed by atoms with Crippen molar-refractivity contribution in [3.63, 3.8) is 0 Å². The quantitative estimate of drug-likeness (QED) is 0.927. The number of aromatic nitrogens is 1. The number of carbonyl (C=O) groups excluding carboxylic acids is 2. The Hall–Kier alpha value is -1.43. The molecule has 2 amide bonds. The van der Waals surface area contributed by atoms with E-state index < -0.39 is 11.6 Å². The highest BCUT2D eigenvalue weighted by atomic mass is 32.1. The van der Waals surface area contributed by atoms with E-state index in [0.717, 1.165) is 15.6 Å². The Labute approximate surface area is 129 Å². The van der Waals surface area contributed by atoms with Gasteiger partial charge in [0.15, 0.2) is 0 Å². The summed E-state index contributed by atoms with van der Waals surface area (Å²) in [6.07, 6.45) is 1.21. The van der Waals surface area contributed by atoms with Crippen LogP contribution in [0.25, 0.3) is 0 Å². The zero-order chi connectivity index (χ0) is 15.8. The molecule has 1 aromatic rings. The minimum atomic E-state index is -0.759. The van der Waals surface area contributed by atoms with Crippen molar-refractivity contribution in [2.75, 3.05) is 0 Å². The molecule has 21 heavy (non-hydrogen) atoms. The topological polar surface area (TPSA) is 62.3 Å². The Balaban J connectivity index is 2.30. The predicted molar refractivity (Wildman–Crippen MR) is 83.1 cm³/mol. The summed E-state index contributed by atoms with van der Waals surface area (Å²) in [7, 11) is 0. The molecule has 0 radical (unpaired) electrons. The lowest BCUT2D eigenvalue weighted by atomic mass is 9.87. The van der Waals surface area contributed by atoms with Gasteiger partial charge in [-0.2, -0.15) is 0 Å². The van der Waals surface area contributed by atoms with Gasteiger partial charge in [0.05, 0.1) is 12.2 Å². The number of thiazole rings is 1. The van der Waals surface area contributed by atoms with E-state index >= 15 is 0 Å². The normalized spacial score (nSPS) is 21.6. The summed E-state index contributed by atoms with van der Waals surface area (Å²) in [4.78, 5) is 32.4. The summed E-state index contributed by atoms with van der Waals surface area (Å²) >= 11 is 1.59. The van der Waals surface area contributed by atoms with Crippen molar-refractivity contribution in [1.82, 2.24) is 15.2 Å². The second kappa shape index (κ2) is 5.75. The smallest absolute Gasteiger partial charge is 0.249 e. The van der Waals surface area contributed by atoms with E-state index in [0.29, 0.717) is 19.4 Å². The Bertz CT molecular complexity index is 544. The van der Waals surface area contributed by atoms with Crippen molar-refractivity contribution >= 4 is 23.2 Å². The second-order valence-corrected chi connectivity index (χ2v) is 6.92. The molecule has 1 aliphatic heterocycles. The number of amides is 2. The standard InChI is InChI=1S/C15H23N3O2S/c1-6-15(7-2)14(20)18(10(4)13(19)17-15)8-12-16-9(3)11(5)21-12/h10H,6-8H2,1-5H3,(H,17,19). The summed E-state index contributed by atoms with van der Waals surface area (Å²) < 4.78 is 0. The Kier molecular flexibility index (Phi) is 4.37. The summed E-state index contributed by atoms with van der Waals surface area (Å²) in [5, 5.41) is 3.80. The average Bonchev–Trinajstić information content (AvgIpc) is 2.78. The fourth-order valence-electron chi connectivity index (χ4n) is 2.68. The van der Waals surface area contributed by atoms with Crippen LogP contribution in [0.4, 0.5) is 0 Å². The van der Waals surface area contributed by atoms with E-state index in [1.807, 2.05) is 27.7 Å². The average molecular weight is 309 g/mol. The molecule has 1 saturated heterocycles. The van der Waals surface area contributed by atoms with Crippen LogP contribution in [-0.4, -0.2) is 33.3 Å². The van der Waals surface area contributed by atoms with E-state index in [-0.39, 0.29) is 11.8 Å². The maximum absolute atomic E-state index is 12.8. The van der Waals surface area contributed by atoms with E-state index in [9.17, 15) is 9.59 Å². The van der Waals surface area contributed by atoms with Crippen molar-refractivity contribution in [1.29, 1.82) is 0 Å². The van der Waals surface area contributed by atoms with Crippen LogP contribution >= 0.6 is 11.3 Å². The third-order valence-corrected chi connectivity index (χ3v) is 5.52. The van der Waals surface area contributed by atoms with Crippen LogP contribution in [0.2, 0.25) is 0 Å². The number of nitrogens with one attached hydrogen (secondary N) is 1. The van der Waals surface area contributed by atoms with Crippen molar-refractivity contribution < 1.29 is 9.59 Å². The number of hydrogen-bond donors (Lipinski definition) is 1. The summed E-state index contributed by atoms with van der Waals surface area (Å²) in [5.74, 6) is -0.0755. The molecule has 2 heterocycles. The molecule has 1 aromatic heterocycles. The lowest BCUT2D eigenvalue weighted by Gasteiger charge is -2.44. The molecule has 1 unspecified atom stereocenters. The molecule has 1 fully saturated rings. The monoisotopic (exact) mass is 309 g/mol. The molecule has 0 aliphatic carbocycles. The van der Waals surface area contributed by atoms with Crippen molar-refractivity contribution in [2.24, 2.45) is 0 Å². The number of nitrogens with zero attached hydrogens (tertiary/aromatic N) is 2. The molecule has 0 saturated carbocycles. The molecule has 6 heteroatoms. The van der Waals surface area contributed by atoms with Crippen LogP contribution in [0, 0.1) is 13.8 Å². The Morgan fingerprint density at radius 1 is 1.29 bits per heavy atom. The number of carbonyl (C=O) groups is 2. The molecular formula is C15H23N3O2S. The minimum absolute atomic E-state index is 0.00473. The van der Waals surface area contributed by atoms with Crippen molar-refractivity contribution in [3.05, 3.63) is 15.6 Å². The van der Waals surface area contributed by atoms with Gasteiger partial charge in [-0.25, -0.2) is 4.98 Å². The maximum Gasteiger partial charge on any atom is 0.249 e. The van der Waals surface area contributed by atoms with Crippen LogP contribution in [-0.2, 0) is 16.1 Å². The van der Waals surface area contributed by atoms with Gasteiger partial charge in [0, 0.05) is 4.88 Å². The van der Waals surface area contributed by atoms with E-state index in [1.54, 1.807) is 23.2 Å². The van der Waals surface area contributed by atoms with Crippen LogP contribution in [0.5, 0.6) is 0 Å². The SMILES string of the molecule is CCC1(CC)NC(=O)C(C)N(Cc2nc(C)c(C)s2)C1=O. The first-order valence-electron chi connectivity index (χ1n) is 7.40. The first-order chi connectivity index (χ1) is 9.84. The molecule has 2 rings (SSSR count). The highest BCUT2D eigenvalue weighted by Gasteiger charge is 2.47. The highest BCUT2D eigenvalue weighted by Crippen LogP contribution is 2.27. The van der Waals surface area contributed by atoms with E-state index in [2.05, 4.69) is 10.3 Å². The van der Waals surface area contributed by atoms with Gasteiger partial charge < -0.3 is 10.2 Å². The molecule has 0 aromatic carbocycles. The second-order valence-electron chi connectivity index (χ2n) is 5.64. The third kappa shape index (κ3) is 2.69. The van der Waals surface area contributed by atoms with Crippen molar-refractivity contribution in [2.45, 2.75) is 65.6 Å². The molecule has 1 N–H and O–H groups in total. The summed E-state index contributed by atoms with van der Waals surface area (Å²) in [6, 6.07) is -0.451. The molecule has 116 valence electrons. The summed E-state index contributed by atoms with van der Waals surface area (Å²) in [5.41, 5.74) is 0.235. The van der Waals surface area contributed by atoms with Crippen LogP contribution < -0.4 is 5.32 Å². The van der Waals surface area contributed by atoms with Gasteiger partial charge in [0.1, 0.15) is 16.6 Å². The van der Waals surface area contributed by atoms with Gasteiger partial charge in [-0.1, -0.05) is 13.8 Å². The van der Waals surface area contributed by atoms with E-state index in [1.165, 1.54) is 0 Å². The van der Waals surface area contributed by atoms with Crippen LogP contribution in [0.15, 0.2) is 0 Å². The first-order valence-corrected chi connectivity index (χ1v) is 8.22.